The van der Waals surface area contributed by atoms with Crippen LogP contribution in [0.25, 0.3) is 10.9 Å². The van der Waals surface area contributed by atoms with Crippen LogP contribution in [0.4, 0.5) is 10.5 Å². The molecule has 2 aromatic carbocycles. The number of rotatable bonds is 7. The Morgan fingerprint density at radius 2 is 1.60 bits per heavy atom. The molecule has 256 valence electrons. The lowest BCUT2D eigenvalue weighted by molar-refractivity contribution is -0.143. The lowest BCUT2D eigenvalue weighted by Gasteiger charge is -2.42. The number of carbonyl (C=O) groups excluding carboxylic acids is 3. The molecule has 4 aliphatic rings. The number of likely N-dealkylation sites (N-methyl/N-ethyl adjacent to an activating group) is 1. The maximum absolute atomic E-state index is 14.2. The topological polar surface area (TPSA) is 108 Å². The summed E-state index contributed by atoms with van der Waals surface area (Å²) in [5.41, 5.74) is 5.20. The third kappa shape index (κ3) is 7.08. The van der Waals surface area contributed by atoms with Crippen LogP contribution < -0.4 is 5.32 Å². The molecule has 11 heteroatoms. The largest absolute Gasteiger partial charge is 0.343 e. The number of hydrogen-bond donors (Lipinski definition) is 2. The summed E-state index contributed by atoms with van der Waals surface area (Å²) in [5.74, 6) is -0.289. The third-order valence-corrected chi connectivity index (χ3v) is 11.3. The van der Waals surface area contributed by atoms with Gasteiger partial charge in [-0.2, -0.15) is 5.10 Å². The van der Waals surface area contributed by atoms with Crippen LogP contribution in [0.2, 0.25) is 0 Å². The van der Waals surface area contributed by atoms with Crippen molar-refractivity contribution >= 4 is 34.4 Å². The van der Waals surface area contributed by atoms with Gasteiger partial charge in [0.2, 0.25) is 11.8 Å². The second-order valence-corrected chi connectivity index (χ2v) is 14.4. The van der Waals surface area contributed by atoms with Crippen LogP contribution in [-0.4, -0.2) is 131 Å². The minimum Gasteiger partial charge on any atom is -0.343 e. The fourth-order valence-corrected chi connectivity index (χ4v) is 8.36. The quantitative estimate of drug-likeness (QED) is 0.402. The molecule has 0 saturated carbocycles. The number of benzene rings is 2. The SMILES string of the molecule is Cc1cc(CC(CC(=O)N2CCC(N3CCc4ccccc4NC3=O)CC2)C(=O)N2CCC(N3CCN(C)CC3)CC2)cc2cn[nH]c12. The second kappa shape index (κ2) is 14.3. The van der Waals surface area contributed by atoms with E-state index in [0.717, 1.165) is 105 Å². The summed E-state index contributed by atoms with van der Waals surface area (Å²) in [6, 6.07) is 12.8. The van der Waals surface area contributed by atoms with Gasteiger partial charge in [0, 0.05) is 88.5 Å². The minimum atomic E-state index is -0.422. The van der Waals surface area contributed by atoms with Crippen LogP contribution >= 0.6 is 0 Å². The highest BCUT2D eigenvalue weighted by atomic mass is 16.2. The van der Waals surface area contributed by atoms with Gasteiger partial charge in [0.05, 0.1) is 17.6 Å². The van der Waals surface area contributed by atoms with Crippen LogP contribution in [0.5, 0.6) is 0 Å². The Morgan fingerprint density at radius 1 is 0.896 bits per heavy atom. The smallest absolute Gasteiger partial charge is 0.322 e. The Balaban J connectivity index is 0.996. The highest BCUT2D eigenvalue weighted by Gasteiger charge is 2.35. The number of fused-ring (bicyclic) bond motifs is 2. The number of hydrogen-bond acceptors (Lipinski definition) is 6. The van der Waals surface area contributed by atoms with E-state index in [1.165, 1.54) is 0 Å². The number of anilines is 1. The first-order valence-corrected chi connectivity index (χ1v) is 17.9. The molecule has 4 aliphatic heterocycles. The molecule has 0 bridgehead atoms. The number of likely N-dealkylation sites (tertiary alicyclic amines) is 2. The van der Waals surface area contributed by atoms with Gasteiger partial charge in [-0.05, 0) is 81.3 Å². The van der Waals surface area contributed by atoms with Gasteiger partial charge < -0.3 is 24.9 Å². The van der Waals surface area contributed by atoms with E-state index >= 15 is 0 Å². The molecule has 7 rings (SSSR count). The predicted molar refractivity (Wildman–Crippen MR) is 187 cm³/mol. The lowest BCUT2D eigenvalue weighted by Crippen LogP contribution is -2.53. The molecule has 1 unspecified atom stereocenters. The molecule has 3 aromatic rings. The van der Waals surface area contributed by atoms with Crippen LogP contribution in [0.15, 0.2) is 42.6 Å². The molecule has 3 fully saturated rings. The summed E-state index contributed by atoms with van der Waals surface area (Å²) >= 11 is 0. The Morgan fingerprint density at radius 3 is 2.38 bits per heavy atom. The Hall–Kier alpha value is -3.96. The van der Waals surface area contributed by atoms with Gasteiger partial charge in [0.25, 0.3) is 0 Å². The summed E-state index contributed by atoms with van der Waals surface area (Å²) < 4.78 is 0. The number of amides is 4. The number of piperidine rings is 2. The molecule has 48 heavy (non-hydrogen) atoms. The average Bonchev–Trinajstić information content (AvgIpc) is 3.52. The van der Waals surface area contributed by atoms with E-state index in [2.05, 4.69) is 57.5 Å². The number of nitrogens with one attached hydrogen (secondary N) is 2. The van der Waals surface area contributed by atoms with Crippen molar-refractivity contribution in [2.75, 3.05) is 71.3 Å². The summed E-state index contributed by atoms with van der Waals surface area (Å²) in [5, 5.41) is 11.4. The molecule has 1 atom stereocenters. The molecule has 1 aromatic heterocycles. The number of nitrogens with zero attached hydrogens (tertiary/aromatic N) is 6. The Bertz CT molecular complexity index is 1620. The van der Waals surface area contributed by atoms with E-state index in [0.29, 0.717) is 32.1 Å². The molecule has 0 radical (unpaired) electrons. The molecule has 0 aliphatic carbocycles. The van der Waals surface area contributed by atoms with E-state index in [9.17, 15) is 14.4 Å². The third-order valence-electron chi connectivity index (χ3n) is 11.3. The van der Waals surface area contributed by atoms with Crippen molar-refractivity contribution in [2.45, 2.75) is 64.0 Å². The van der Waals surface area contributed by atoms with Crippen molar-refractivity contribution in [1.29, 1.82) is 0 Å². The number of urea groups is 1. The van der Waals surface area contributed by atoms with Gasteiger partial charge in [-0.15, -0.1) is 0 Å². The monoisotopic (exact) mass is 654 g/mol. The van der Waals surface area contributed by atoms with Crippen molar-refractivity contribution in [3.8, 4) is 0 Å². The van der Waals surface area contributed by atoms with Crippen LogP contribution in [0.3, 0.4) is 0 Å². The van der Waals surface area contributed by atoms with Gasteiger partial charge in [0.1, 0.15) is 0 Å². The number of aromatic nitrogens is 2. The summed E-state index contributed by atoms with van der Waals surface area (Å²) in [6.45, 7) is 9.79. The van der Waals surface area contributed by atoms with Crippen LogP contribution in [0, 0.1) is 12.8 Å². The number of piperazine rings is 1. The van der Waals surface area contributed by atoms with Gasteiger partial charge in [-0.1, -0.05) is 24.3 Å². The Labute approximate surface area is 283 Å². The molecule has 2 N–H and O–H groups in total. The lowest BCUT2D eigenvalue weighted by atomic mass is 9.91. The fraction of sp³-hybridized carbons (Fsp3) is 0.568. The number of para-hydroxylation sites is 1. The highest BCUT2D eigenvalue weighted by Crippen LogP contribution is 2.28. The molecule has 0 spiro atoms. The van der Waals surface area contributed by atoms with Gasteiger partial charge >= 0.3 is 6.03 Å². The minimum absolute atomic E-state index is 0.0351. The van der Waals surface area contributed by atoms with Gasteiger partial charge in [-0.3, -0.25) is 19.6 Å². The van der Waals surface area contributed by atoms with Crippen molar-refractivity contribution in [2.24, 2.45) is 5.92 Å². The molecular formula is C37H50N8O3. The van der Waals surface area contributed by atoms with Gasteiger partial charge in [-0.25, -0.2) is 4.79 Å². The maximum Gasteiger partial charge on any atom is 0.322 e. The molecule has 3 saturated heterocycles. The van der Waals surface area contributed by atoms with Crippen molar-refractivity contribution < 1.29 is 14.4 Å². The van der Waals surface area contributed by atoms with E-state index in [-0.39, 0.29) is 30.3 Å². The van der Waals surface area contributed by atoms with Gasteiger partial charge in [0.15, 0.2) is 0 Å². The number of aryl methyl sites for hydroxylation is 1. The van der Waals surface area contributed by atoms with E-state index in [1.54, 1.807) is 0 Å². The summed E-state index contributed by atoms with van der Waals surface area (Å²) in [4.78, 5) is 52.1. The second-order valence-electron chi connectivity index (χ2n) is 14.4. The maximum atomic E-state index is 14.2. The molecule has 4 amide bonds. The first-order chi connectivity index (χ1) is 23.3. The predicted octanol–water partition coefficient (Wildman–Crippen LogP) is 3.74. The van der Waals surface area contributed by atoms with Crippen molar-refractivity contribution in [1.82, 2.24) is 34.7 Å². The van der Waals surface area contributed by atoms with E-state index < -0.39 is 5.92 Å². The van der Waals surface area contributed by atoms with Crippen LogP contribution in [-0.2, 0) is 22.4 Å². The number of H-pyrrole nitrogens is 1. The first kappa shape index (κ1) is 32.6. The zero-order chi connectivity index (χ0) is 33.2. The number of aromatic amines is 1. The molecule has 5 heterocycles. The molecular weight excluding hydrogens is 604 g/mol. The Kier molecular flexibility index (Phi) is 9.68. The normalized spacial score (nSPS) is 21.2. The highest BCUT2D eigenvalue weighted by molar-refractivity contribution is 5.91. The summed E-state index contributed by atoms with van der Waals surface area (Å²) in [6.07, 6.45) is 6.81. The zero-order valence-corrected chi connectivity index (χ0v) is 28.5. The van der Waals surface area contributed by atoms with Crippen molar-refractivity contribution in [3.05, 3.63) is 59.3 Å². The first-order valence-electron chi connectivity index (χ1n) is 17.9. The zero-order valence-electron chi connectivity index (χ0n) is 28.5. The summed E-state index contributed by atoms with van der Waals surface area (Å²) in [7, 11) is 2.18. The standard InChI is InChI=1S/C37H50N8O3/c1-26-21-27(23-30-25-38-40-35(26)30)22-29(36(47)44-14-8-31(9-15-44)42-19-17-41(2)18-20-42)24-34(46)43-12-10-32(11-13-43)45-16-7-28-5-3-4-6-33(28)39-37(45)48/h3-6,21,23,25,29,31-32H,7-20,22,24H2,1-2H3,(H,38,40)(H,39,48). The fourth-order valence-electron chi connectivity index (χ4n) is 8.36. The van der Waals surface area contributed by atoms with Crippen LogP contribution in [0.1, 0.15) is 48.8 Å². The molecule has 11 nitrogen and oxygen atoms in total. The van der Waals surface area contributed by atoms with E-state index in [1.807, 2.05) is 39.1 Å². The van der Waals surface area contributed by atoms with Crippen molar-refractivity contribution in [3.63, 3.8) is 0 Å². The van der Waals surface area contributed by atoms with E-state index in [4.69, 9.17) is 0 Å². The number of carbonyl (C=O) groups is 3. The average molecular weight is 655 g/mol.